The first kappa shape index (κ1) is 17.4. The Balaban J connectivity index is 1.71. The molecule has 25 heavy (non-hydrogen) atoms. The zero-order valence-corrected chi connectivity index (χ0v) is 14.8. The van der Waals surface area contributed by atoms with Crippen LogP contribution in [0.5, 0.6) is 0 Å². The third kappa shape index (κ3) is 4.37. The van der Waals surface area contributed by atoms with Gasteiger partial charge in [-0.3, -0.25) is 14.6 Å². The first-order chi connectivity index (χ1) is 12.0. The van der Waals surface area contributed by atoms with Crippen LogP contribution in [-0.2, 0) is 0 Å². The van der Waals surface area contributed by atoms with Crippen LogP contribution >= 0.6 is 11.6 Å². The lowest BCUT2D eigenvalue weighted by Crippen LogP contribution is -2.38. The quantitative estimate of drug-likeness (QED) is 0.907. The fourth-order valence-corrected chi connectivity index (χ4v) is 2.94. The summed E-state index contributed by atoms with van der Waals surface area (Å²) in [6.07, 6.45) is 4.99. The first-order valence-electron chi connectivity index (χ1n) is 8.34. The second kappa shape index (κ2) is 7.66. The molecule has 1 N–H and O–H groups in total. The van der Waals surface area contributed by atoms with Crippen LogP contribution in [0.3, 0.4) is 0 Å². The minimum absolute atomic E-state index is 0.0689. The topological polar surface area (TPSA) is 62.3 Å². The molecule has 2 amide bonds. The van der Waals surface area contributed by atoms with E-state index in [0.717, 1.165) is 25.9 Å². The fraction of sp³-hybridized carbons (Fsp3) is 0.316. The molecule has 1 aromatic carbocycles. The molecule has 2 heterocycles. The van der Waals surface area contributed by atoms with Crippen molar-refractivity contribution in [1.82, 2.24) is 9.88 Å². The van der Waals surface area contributed by atoms with E-state index < -0.39 is 0 Å². The Labute approximate surface area is 152 Å². The van der Waals surface area contributed by atoms with Gasteiger partial charge in [0.25, 0.3) is 11.8 Å². The summed E-state index contributed by atoms with van der Waals surface area (Å²) in [7, 11) is 0. The maximum absolute atomic E-state index is 12.6. The highest BCUT2D eigenvalue weighted by Crippen LogP contribution is 2.19. The fourth-order valence-electron chi connectivity index (χ4n) is 2.81. The third-order valence-corrected chi connectivity index (χ3v) is 4.67. The molecule has 5 nitrogen and oxygen atoms in total. The SMILES string of the molecule is CC1CCN(C(=O)c2cncc(C(=O)Nc3ccc(Cl)cc3)c2)CC1. The normalized spacial score (nSPS) is 15.0. The number of aromatic nitrogens is 1. The Morgan fingerprint density at radius 1 is 1.12 bits per heavy atom. The van der Waals surface area contributed by atoms with Gasteiger partial charge in [-0.25, -0.2) is 0 Å². The second-order valence-electron chi connectivity index (χ2n) is 6.40. The van der Waals surface area contributed by atoms with Crippen molar-refractivity contribution in [2.75, 3.05) is 18.4 Å². The predicted octanol–water partition coefficient (Wildman–Crippen LogP) is 3.86. The van der Waals surface area contributed by atoms with Crippen molar-refractivity contribution in [3.8, 4) is 0 Å². The van der Waals surface area contributed by atoms with Crippen LogP contribution in [0.4, 0.5) is 5.69 Å². The molecule has 1 saturated heterocycles. The molecule has 0 aliphatic carbocycles. The van der Waals surface area contributed by atoms with Crippen LogP contribution in [0.2, 0.25) is 5.02 Å². The number of hydrogen-bond acceptors (Lipinski definition) is 3. The van der Waals surface area contributed by atoms with Gasteiger partial charge in [0.2, 0.25) is 0 Å². The Morgan fingerprint density at radius 2 is 1.76 bits per heavy atom. The predicted molar refractivity (Wildman–Crippen MR) is 97.9 cm³/mol. The van der Waals surface area contributed by atoms with E-state index in [0.29, 0.717) is 27.8 Å². The van der Waals surface area contributed by atoms with Gasteiger partial charge in [-0.15, -0.1) is 0 Å². The highest BCUT2D eigenvalue weighted by Gasteiger charge is 2.22. The van der Waals surface area contributed by atoms with Gasteiger partial charge in [-0.1, -0.05) is 18.5 Å². The number of carbonyl (C=O) groups is 2. The van der Waals surface area contributed by atoms with E-state index in [9.17, 15) is 9.59 Å². The molecular formula is C19H20ClN3O2. The average Bonchev–Trinajstić information content (AvgIpc) is 2.64. The number of hydrogen-bond donors (Lipinski definition) is 1. The van der Waals surface area contributed by atoms with Crippen molar-refractivity contribution in [3.63, 3.8) is 0 Å². The van der Waals surface area contributed by atoms with Crippen molar-refractivity contribution in [1.29, 1.82) is 0 Å². The maximum Gasteiger partial charge on any atom is 0.257 e. The number of pyridine rings is 1. The zero-order chi connectivity index (χ0) is 17.8. The van der Waals surface area contributed by atoms with Crippen LogP contribution < -0.4 is 5.32 Å². The number of carbonyl (C=O) groups excluding carboxylic acids is 2. The summed E-state index contributed by atoms with van der Waals surface area (Å²) >= 11 is 5.84. The number of amides is 2. The van der Waals surface area contributed by atoms with Crippen molar-refractivity contribution in [3.05, 3.63) is 58.9 Å². The number of nitrogens with one attached hydrogen (secondary N) is 1. The Bertz CT molecular complexity index is 768. The zero-order valence-electron chi connectivity index (χ0n) is 14.0. The van der Waals surface area contributed by atoms with Gasteiger partial charge in [0.15, 0.2) is 0 Å². The number of likely N-dealkylation sites (tertiary alicyclic amines) is 1. The van der Waals surface area contributed by atoms with Crippen LogP contribution in [-0.4, -0.2) is 34.8 Å². The van der Waals surface area contributed by atoms with Gasteiger partial charge in [0.1, 0.15) is 0 Å². The number of nitrogens with zero attached hydrogens (tertiary/aromatic N) is 2. The van der Waals surface area contributed by atoms with Gasteiger partial charge >= 0.3 is 0 Å². The lowest BCUT2D eigenvalue weighted by molar-refractivity contribution is 0.0697. The molecule has 1 aliphatic rings. The number of halogens is 1. The Hall–Kier alpha value is -2.40. The van der Waals surface area contributed by atoms with E-state index in [2.05, 4.69) is 17.2 Å². The molecule has 0 spiro atoms. The summed E-state index contributed by atoms with van der Waals surface area (Å²) < 4.78 is 0. The molecule has 1 aromatic heterocycles. The molecule has 0 unspecified atom stereocenters. The lowest BCUT2D eigenvalue weighted by Gasteiger charge is -2.30. The van der Waals surface area contributed by atoms with E-state index in [4.69, 9.17) is 11.6 Å². The van der Waals surface area contributed by atoms with Crippen LogP contribution in [0.1, 0.15) is 40.5 Å². The van der Waals surface area contributed by atoms with Crippen molar-refractivity contribution in [2.45, 2.75) is 19.8 Å². The van der Waals surface area contributed by atoms with Gasteiger partial charge < -0.3 is 10.2 Å². The minimum atomic E-state index is -0.309. The van der Waals surface area contributed by atoms with Crippen molar-refractivity contribution < 1.29 is 9.59 Å². The highest BCUT2D eigenvalue weighted by molar-refractivity contribution is 6.30. The second-order valence-corrected chi connectivity index (χ2v) is 6.83. The van der Waals surface area contributed by atoms with E-state index in [1.807, 2.05) is 4.90 Å². The molecule has 0 radical (unpaired) electrons. The first-order valence-corrected chi connectivity index (χ1v) is 8.72. The molecule has 1 aliphatic heterocycles. The number of benzene rings is 1. The van der Waals surface area contributed by atoms with Crippen molar-refractivity contribution >= 4 is 29.1 Å². The van der Waals surface area contributed by atoms with Crippen molar-refractivity contribution in [2.24, 2.45) is 5.92 Å². The number of rotatable bonds is 3. The largest absolute Gasteiger partial charge is 0.339 e. The summed E-state index contributed by atoms with van der Waals surface area (Å²) in [4.78, 5) is 30.9. The molecule has 0 bridgehead atoms. The number of piperidine rings is 1. The van der Waals surface area contributed by atoms with E-state index in [1.54, 1.807) is 30.3 Å². The van der Waals surface area contributed by atoms with Gasteiger partial charge in [0, 0.05) is 36.2 Å². The molecular weight excluding hydrogens is 338 g/mol. The summed E-state index contributed by atoms with van der Waals surface area (Å²) in [5.74, 6) is 0.274. The van der Waals surface area contributed by atoms with Crippen LogP contribution in [0.25, 0.3) is 0 Å². The summed E-state index contributed by atoms with van der Waals surface area (Å²) in [6, 6.07) is 8.44. The molecule has 0 atom stereocenters. The number of anilines is 1. The molecule has 3 rings (SSSR count). The molecule has 0 saturated carbocycles. The maximum atomic E-state index is 12.6. The van der Waals surface area contributed by atoms with Gasteiger partial charge in [0.05, 0.1) is 11.1 Å². The van der Waals surface area contributed by atoms with Crippen LogP contribution in [0.15, 0.2) is 42.7 Å². The monoisotopic (exact) mass is 357 g/mol. The molecule has 130 valence electrons. The molecule has 2 aromatic rings. The summed E-state index contributed by atoms with van der Waals surface area (Å²) in [6.45, 7) is 3.70. The summed E-state index contributed by atoms with van der Waals surface area (Å²) in [5.41, 5.74) is 1.43. The molecule has 1 fully saturated rings. The van der Waals surface area contributed by atoms with E-state index in [1.165, 1.54) is 12.4 Å². The van der Waals surface area contributed by atoms with E-state index >= 15 is 0 Å². The Morgan fingerprint density at radius 3 is 2.44 bits per heavy atom. The molecule has 6 heteroatoms. The van der Waals surface area contributed by atoms with Gasteiger partial charge in [-0.2, -0.15) is 0 Å². The average molecular weight is 358 g/mol. The minimum Gasteiger partial charge on any atom is -0.339 e. The standard InChI is InChI=1S/C19H20ClN3O2/c1-13-6-8-23(9-7-13)19(25)15-10-14(11-21-12-15)18(24)22-17-4-2-16(20)3-5-17/h2-5,10-13H,6-9H2,1H3,(H,22,24). The lowest BCUT2D eigenvalue weighted by atomic mass is 9.98. The highest BCUT2D eigenvalue weighted by atomic mass is 35.5. The van der Waals surface area contributed by atoms with Crippen LogP contribution in [0, 0.1) is 5.92 Å². The third-order valence-electron chi connectivity index (χ3n) is 4.42. The van der Waals surface area contributed by atoms with E-state index in [-0.39, 0.29) is 11.8 Å². The van der Waals surface area contributed by atoms with Gasteiger partial charge in [-0.05, 0) is 49.1 Å². The smallest absolute Gasteiger partial charge is 0.257 e. The Kier molecular flexibility index (Phi) is 5.34. The summed E-state index contributed by atoms with van der Waals surface area (Å²) in [5, 5.41) is 3.37.